The van der Waals surface area contributed by atoms with Gasteiger partial charge in [-0.1, -0.05) is 170 Å². The smallest absolute Gasteiger partial charge is 0.164 e. The molecule has 2 aromatic heterocycles. The molecule has 0 N–H and O–H groups in total. The molecule has 0 unspecified atom stereocenters. The van der Waals surface area contributed by atoms with Gasteiger partial charge in [-0.3, -0.25) is 0 Å². The summed E-state index contributed by atoms with van der Waals surface area (Å²) in [5.74, 6) is 1.79. The fourth-order valence-corrected chi connectivity index (χ4v) is 7.74. The van der Waals surface area contributed by atoms with Gasteiger partial charge < -0.3 is 4.42 Å². The number of hydrogen-bond acceptors (Lipinski definition) is 4. The van der Waals surface area contributed by atoms with Crippen molar-refractivity contribution in [3.8, 4) is 78.7 Å². The third kappa shape index (κ3) is 6.04. The van der Waals surface area contributed by atoms with Crippen molar-refractivity contribution >= 4 is 21.9 Å². The lowest BCUT2D eigenvalue weighted by atomic mass is 9.93. The van der Waals surface area contributed by atoms with E-state index in [1.54, 1.807) is 0 Å². The molecular weight excluding hydrogens is 683 g/mol. The highest BCUT2D eigenvalue weighted by Gasteiger charge is 2.22. The number of fused-ring (bicyclic) bond motifs is 3. The fourth-order valence-electron chi connectivity index (χ4n) is 7.74. The summed E-state index contributed by atoms with van der Waals surface area (Å²) in [7, 11) is 0. The molecule has 0 aliphatic heterocycles. The number of aromatic nitrogens is 3. The second-order valence-corrected chi connectivity index (χ2v) is 14.0. The van der Waals surface area contributed by atoms with Gasteiger partial charge in [0.1, 0.15) is 11.2 Å². The summed E-state index contributed by atoms with van der Waals surface area (Å²) in [6.07, 6.45) is 0. The normalized spacial score (nSPS) is 11.3. The van der Waals surface area contributed by atoms with Gasteiger partial charge in [0, 0.05) is 33.0 Å². The molecule has 8 aromatic carbocycles. The van der Waals surface area contributed by atoms with Crippen LogP contribution in [0.1, 0.15) is 5.56 Å². The van der Waals surface area contributed by atoms with E-state index in [9.17, 15) is 0 Å². The van der Waals surface area contributed by atoms with Gasteiger partial charge in [-0.25, -0.2) is 15.0 Å². The summed E-state index contributed by atoms with van der Waals surface area (Å²) in [4.78, 5) is 15.4. The van der Waals surface area contributed by atoms with E-state index < -0.39 is 0 Å². The van der Waals surface area contributed by atoms with Gasteiger partial charge in [-0.2, -0.15) is 0 Å². The Labute approximate surface area is 325 Å². The summed E-state index contributed by atoms with van der Waals surface area (Å²) in [5.41, 5.74) is 14.5. The maximum Gasteiger partial charge on any atom is 0.164 e. The summed E-state index contributed by atoms with van der Waals surface area (Å²) in [5, 5.41) is 2.11. The Morgan fingerprint density at radius 2 is 0.893 bits per heavy atom. The Balaban J connectivity index is 1.17. The number of hydrogen-bond donors (Lipinski definition) is 0. The SMILES string of the molecule is Cc1ccccc1-c1ccc(-c2nc(-c3ccccc3)nc(-c3ccc4c(oc5cccc(-c6cccc(-c7ccccc7)c6)c54)c3-c3ccccc3)n2)cc1. The summed E-state index contributed by atoms with van der Waals surface area (Å²) < 4.78 is 6.90. The number of aryl methyl sites for hydroxylation is 1. The van der Waals surface area contributed by atoms with Crippen LogP contribution in [-0.2, 0) is 0 Å². The van der Waals surface area contributed by atoms with E-state index in [4.69, 9.17) is 19.4 Å². The molecule has 0 aliphatic carbocycles. The highest BCUT2D eigenvalue weighted by atomic mass is 16.3. The molecule has 0 radical (unpaired) electrons. The van der Waals surface area contributed by atoms with E-state index in [-0.39, 0.29) is 0 Å². The van der Waals surface area contributed by atoms with Crippen molar-refractivity contribution in [2.24, 2.45) is 0 Å². The van der Waals surface area contributed by atoms with Crippen LogP contribution in [0, 0.1) is 6.92 Å². The third-order valence-corrected chi connectivity index (χ3v) is 10.5. The number of benzene rings is 8. The number of nitrogens with zero attached hydrogens (tertiary/aromatic N) is 3. The van der Waals surface area contributed by atoms with Crippen molar-refractivity contribution in [2.75, 3.05) is 0 Å². The quantitative estimate of drug-likeness (QED) is 0.165. The van der Waals surface area contributed by atoms with Crippen LogP contribution in [0.15, 0.2) is 199 Å². The molecule has 0 saturated heterocycles. The topological polar surface area (TPSA) is 51.8 Å². The van der Waals surface area contributed by atoms with Crippen LogP contribution in [0.5, 0.6) is 0 Å². The minimum Gasteiger partial charge on any atom is -0.455 e. The largest absolute Gasteiger partial charge is 0.455 e. The number of rotatable bonds is 7. The minimum atomic E-state index is 0.578. The molecule has 264 valence electrons. The van der Waals surface area contributed by atoms with Crippen LogP contribution in [0.25, 0.3) is 101 Å². The maximum absolute atomic E-state index is 6.90. The first-order valence-electron chi connectivity index (χ1n) is 18.9. The zero-order chi connectivity index (χ0) is 37.4. The summed E-state index contributed by atoms with van der Waals surface area (Å²) in [6, 6.07) is 67.3. The molecule has 56 heavy (non-hydrogen) atoms. The molecule has 2 heterocycles. The van der Waals surface area contributed by atoms with Gasteiger partial charge in [-0.15, -0.1) is 0 Å². The Hall–Kier alpha value is -7.43. The number of furan rings is 1. The predicted molar refractivity (Wildman–Crippen MR) is 230 cm³/mol. The summed E-state index contributed by atoms with van der Waals surface area (Å²) in [6.45, 7) is 2.14. The molecule has 4 nitrogen and oxygen atoms in total. The Morgan fingerprint density at radius 1 is 0.357 bits per heavy atom. The van der Waals surface area contributed by atoms with Crippen LogP contribution in [0.3, 0.4) is 0 Å². The molecule has 10 aromatic rings. The zero-order valence-electron chi connectivity index (χ0n) is 30.7. The first kappa shape index (κ1) is 33.2. The van der Waals surface area contributed by atoms with E-state index in [1.807, 2.05) is 36.4 Å². The maximum atomic E-state index is 6.90. The van der Waals surface area contributed by atoms with E-state index >= 15 is 0 Å². The van der Waals surface area contributed by atoms with Crippen molar-refractivity contribution in [2.45, 2.75) is 6.92 Å². The Bertz CT molecular complexity index is 3010. The first-order chi connectivity index (χ1) is 27.7. The van der Waals surface area contributed by atoms with Crippen LogP contribution in [0.2, 0.25) is 0 Å². The van der Waals surface area contributed by atoms with Gasteiger partial charge in [0.25, 0.3) is 0 Å². The van der Waals surface area contributed by atoms with Crippen molar-refractivity contribution in [3.05, 3.63) is 200 Å². The standard InChI is InChI=1S/C52H35N3O/c1-34-15-11-12-24-42(34)36-27-29-39(30-28-36)51-53-50(38-20-9-4-10-21-38)54-52(55-51)45-32-31-44-48-43(41-23-13-22-40(33-41)35-16-5-2-6-17-35)25-14-26-46(48)56-49(44)47(45)37-18-7-3-8-19-37/h2-33H,1H3. The lowest BCUT2D eigenvalue weighted by molar-refractivity contribution is 0.670. The van der Waals surface area contributed by atoms with Gasteiger partial charge in [-0.05, 0) is 75.7 Å². The van der Waals surface area contributed by atoms with Crippen molar-refractivity contribution in [1.82, 2.24) is 15.0 Å². The first-order valence-corrected chi connectivity index (χ1v) is 18.9. The average Bonchev–Trinajstić information content (AvgIpc) is 3.66. The van der Waals surface area contributed by atoms with Gasteiger partial charge in [0.15, 0.2) is 17.5 Å². The van der Waals surface area contributed by atoms with Gasteiger partial charge >= 0.3 is 0 Å². The average molecular weight is 718 g/mol. The Morgan fingerprint density at radius 3 is 1.61 bits per heavy atom. The van der Waals surface area contributed by atoms with Crippen molar-refractivity contribution < 1.29 is 4.42 Å². The van der Waals surface area contributed by atoms with E-state index in [2.05, 4.69) is 165 Å². The van der Waals surface area contributed by atoms with E-state index in [1.165, 1.54) is 22.3 Å². The molecule has 10 rings (SSSR count). The van der Waals surface area contributed by atoms with E-state index in [0.717, 1.165) is 66.4 Å². The van der Waals surface area contributed by atoms with Gasteiger partial charge in [0.05, 0.1) is 0 Å². The molecule has 0 amide bonds. The summed E-state index contributed by atoms with van der Waals surface area (Å²) >= 11 is 0. The lowest BCUT2D eigenvalue weighted by Gasteiger charge is -2.13. The lowest BCUT2D eigenvalue weighted by Crippen LogP contribution is -2.01. The second kappa shape index (κ2) is 14.1. The molecule has 0 aliphatic rings. The fraction of sp³-hybridized carbons (Fsp3) is 0.0192. The highest BCUT2D eigenvalue weighted by Crippen LogP contribution is 2.45. The van der Waals surface area contributed by atoms with Crippen LogP contribution >= 0.6 is 0 Å². The highest BCUT2D eigenvalue weighted by molar-refractivity contribution is 6.17. The van der Waals surface area contributed by atoms with Crippen molar-refractivity contribution in [1.29, 1.82) is 0 Å². The predicted octanol–water partition coefficient (Wildman–Crippen LogP) is 13.7. The van der Waals surface area contributed by atoms with Crippen molar-refractivity contribution in [3.63, 3.8) is 0 Å². The zero-order valence-corrected chi connectivity index (χ0v) is 30.7. The molecule has 0 fully saturated rings. The third-order valence-electron chi connectivity index (χ3n) is 10.5. The van der Waals surface area contributed by atoms with Crippen LogP contribution in [-0.4, -0.2) is 15.0 Å². The molecule has 0 saturated carbocycles. The van der Waals surface area contributed by atoms with Crippen LogP contribution in [0.4, 0.5) is 0 Å². The minimum absolute atomic E-state index is 0.578. The molecule has 4 heteroatoms. The monoisotopic (exact) mass is 717 g/mol. The van der Waals surface area contributed by atoms with E-state index in [0.29, 0.717) is 17.5 Å². The van der Waals surface area contributed by atoms with Gasteiger partial charge in [0.2, 0.25) is 0 Å². The molecule has 0 spiro atoms. The molecular formula is C52H35N3O. The Kier molecular flexibility index (Phi) is 8.34. The van der Waals surface area contributed by atoms with Crippen LogP contribution < -0.4 is 0 Å². The molecule has 0 atom stereocenters. The molecule has 0 bridgehead atoms. The second-order valence-electron chi connectivity index (χ2n) is 14.0.